The molecule has 0 aliphatic heterocycles. The van der Waals surface area contributed by atoms with Gasteiger partial charge in [-0.15, -0.1) is 0 Å². The number of benzene rings is 2. The van der Waals surface area contributed by atoms with E-state index < -0.39 is 0 Å². The molecule has 152 valence electrons. The van der Waals surface area contributed by atoms with Crippen molar-refractivity contribution in [3.8, 4) is 11.5 Å². The maximum atomic E-state index is 12.4. The van der Waals surface area contributed by atoms with E-state index in [9.17, 15) is 4.79 Å². The molecular weight excluding hydrogens is 413 g/mol. The summed E-state index contributed by atoms with van der Waals surface area (Å²) in [7, 11) is 3.17. The predicted molar refractivity (Wildman–Crippen MR) is 114 cm³/mol. The summed E-state index contributed by atoms with van der Waals surface area (Å²) >= 11 is 12.5. The molecule has 0 aliphatic rings. The van der Waals surface area contributed by atoms with Crippen molar-refractivity contribution in [2.75, 3.05) is 19.5 Å². The Morgan fingerprint density at radius 3 is 2.48 bits per heavy atom. The number of aromatic nitrogens is 2. The predicted octanol–water partition coefficient (Wildman–Crippen LogP) is 4.83. The lowest BCUT2D eigenvalue weighted by Crippen LogP contribution is -2.16. The van der Waals surface area contributed by atoms with Gasteiger partial charge in [-0.3, -0.25) is 4.79 Å². The van der Waals surface area contributed by atoms with E-state index in [1.54, 1.807) is 49.4 Å². The van der Waals surface area contributed by atoms with E-state index in [2.05, 4.69) is 10.4 Å². The van der Waals surface area contributed by atoms with E-state index in [-0.39, 0.29) is 5.91 Å². The number of halogens is 2. The number of amides is 1. The highest BCUT2D eigenvalue weighted by Gasteiger charge is 2.12. The first kappa shape index (κ1) is 21.0. The van der Waals surface area contributed by atoms with Gasteiger partial charge in [-0.1, -0.05) is 35.3 Å². The van der Waals surface area contributed by atoms with Gasteiger partial charge in [0.2, 0.25) is 5.91 Å². The number of methoxy groups -OCH3 is 2. The zero-order chi connectivity index (χ0) is 20.8. The van der Waals surface area contributed by atoms with Crippen molar-refractivity contribution in [3.05, 3.63) is 69.8 Å². The van der Waals surface area contributed by atoms with Crippen LogP contribution in [0.4, 0.5) is 5.82 Å². The Labute approximate surface area is 179 Å². The van der Waals surface area contributed by atoms with E-state index >= 15 is 0 Å². The largest absolute Gasteiger partial charge is 0.493 e. The molecule has 3 aromatic rings. The van der Waals surface area contributed by atoms with E-state index in [1.165, 1.54) is 0 Å². The van der Waals surface area contributed by atoms with E-state index in [1.807, 2.05) is 18.2 Å². The second kappa shape index (κ2) is 9.67. The summed E-state index contributed by atoms with van der Waals surface area (Å²) in [5, 5.41) is 8.26. The van der Waals surface area contributed by atoms with Gasteiger partial charge in [0.1, 0.15) is 5.82 Å². The van der Waals surface area contributed by atoms with Crippen LogP contribution in [0.1, 0.15) is 17.5 Å². The van der Waals surface area contributed by atoms with Crippen LogP contribution in [0.25, 0.3) is 0 Å². The number of anilines is 1. The second-order valence-electron chi connectivity index (χ2n) is 6.31. The van der Waals surface area contributed by atoms with Gasteiger partial charge < -0.3 is 14.8 Å². The summed E-state index contributed by atoms with van der Waals surface area (Å²) in [6.07, 6.45) is 2.50. The fourth-order valence-electron chi connectivity index (χ4n) is 2.90. The van der Waals surface area contributed by atoms with Gasteiger partial charge in [-0.25, -0.2) is 4.68 Å². The normalized spacial score (nSPS) is 10.6. The maximum absolute atomic E-state index is 12.4. The molecule has 8 heteroatoms. The third kappa shape index (κ3) is 5.22. The molecule has 1 N–H and O–H groups in total. The summed E-state index contributed by atoms with van der Waals surface area (Å²) in [6.45, 7) is 0.358. The number of nitrogens with one attached hydrogen (secondary N) is 1. The van der Waals surface area contributed by atoms with Gasteiger partial charge in [-0.05, 0) is 36.2 Å². The van der Waals surface area contributed by atoms with Crippen molar-refractivity contribution in [2.45, 2.75) is 19.4 Å². The molecule has 0 aliphatic carbocycles. The smallest absolute Gasteiger partial charge is 0.225 e. The van der Waals surface area contributed by atoms with Gasteiger partial charge in [0.25, 0.3) is 0 Å². The molecule has 1 heterocycles. The highest BCUT2D eigenvalue weighted by atomic mass is 35.5. The lowest BCUT2D eigenvalue weighted by Gasteiger charge is -2.12. The number of ether oxygens (including phenoxy) is 2. The number of rotatable bonds is 8. The standard InChI is InChI=1S/C21H21Cl2N3O3/c1-28-18-8-6-14(12-19(18)29-2)7-9-21(27)25-20-10-11-24-26(20)13-15-16(22)4-3-5-17(15)23/h3-6,8,10-12H,7,9,13H2,1-2H3,(H,25,27). The van der Waals surface area contributed by atoms with Crippen molar-refractivity contribution < 1.29 is 14.3 Å². The summed E-state index contributed by atoms with van der Waals surface area (Å²) in [4.78, 5) is 12.4. The van der Waals surface area contributed by atoms with Gasteiger partial charge in [0, 0.05) is 28.1 Å². The van der Waals surface area contributed by atoms with Gasteiger partial charge in [-0.2, -0.15) is 5.10 Å². The van der Waals surface area contributed by atoms with Crippen LogP contribution in [-0.4, -0.2) is 29.9 Å². The number of carbonyl (C=O) groups excluding carboxylic acids is 1. The van der Waals surface area contributed by atoms with Gasteiger partial charge in [0.15, 0.2) is 11.5 Å². The summed E-state index contributed by atoms with van der Waals surface area (Å²) in [5.74, 6) is 1.76. The molecule has 0 saturated heterocycles. The lowest BCUT2D eigenvalue weighted by atomic mass is 10.1. The quantitative estimate of drug-likeness (QED) is 0.552. The number of hydrogen-bond acceptors (Lipinski definition) is 4. The van der Waals surface area contributed by atoms with Crippen LogP contribution in [-0.2, 0) is 17.8 Å². The summed E-state index contributed by atoms with van der Waals surface area (Å²) in [6, 6.07) is 12.7. The Kier molecular flexibility index (Phi) is 7.01. The number of hydrogen-bond donors (Lipinski definition) is 1. The van der Waals surface area contributed by atoms with Crippen LogP contribution < -0.4 is 14.8 Å². The minimum atomic E-state index is -0.119. The molecule has 0 spiro atoms. The molecule has 0 radical (unpaired) electrons. The number of aryl methyl sites for hydroxylation is 1. The molecule has 2 aromatic carbocycles. The molecule has 0 atom stereocenters. The highest BCUT2D eigenvalue weighted by molar-refractivity contribution is 6.35. The van der Waals surface area contributed by atoms with Crippen LogP contribution in [0.3, 0.4) is 0 Å². The number of carbonyl (C=O) groups is 1. The topological polar surface area (TPSA) is 65.4 Å². The molecule has 1 aromatic heterocycles. The van der Waals surface area contributed by atoms with Crippen molar-refractivity contribution in [2.24, 2.45) is 0 Å². The molecule has 0 unspecified atom stereocenters. The third-order valence-corrected chi connectivity index (χ3v) is 5.15. The first-order valence-corrected chi connectivity index (χ1v) is 9.73. The van der Waals surface area contributed by atoms with Crippen molar-refractivity contribution in [1.82, 2.24) is 9.78 Å². The monoisotopic (exact) mass is 433 g/mol. The van der Waals surface area contributed by atoms with Crippen LogP contribution in [0, 0.1) is 0 Å². The Hall–Kier alpha value is -2.70. The lowest BCUT2D eigenvalue weighted by molar-refractivity contribution is -0.116. The Morgan fingerprint density at radius 1 is 1.07 bits per heavy atom. The fourth-order valence-corrected chi connectivity index (χ4v) is 3.41. The maximum Gasteiger partial charge on any atom is 0.225 e. The van der Waals surface area contributed by atoms with E-state index in [4.69, 9.17) is 32.7 Å². The minimum absolute atomic E-state index is 0.119. The first-order chi connectivity index (χ1) is 14.0. The van der Waals surface area contributed by atoms with Crippen molar-refractivity contribution in [3.63, 3.8) is 0 Å². The Bertz CT molecular complexity index is 984. The van der Waals surface area contributed by atoms with Crippen LogP contribution >= 0.6 is 23.2 Å². The van der Waals surface area contributed by atoms with Gasteiger partial charge in [0.05, 0.1) is 27.0 Å². The van der Waals surface area contributed by atoms with Gasteiger partial charge >= 0.3 is 0 Å². The zero-order valence-electron chi connectivity index (χ0n) is 16.1. The summed E-state index contributed by atoms with van der Waals surface area (Å²) < 4.78 is 12.2. The average Bonchev–Trinajstić information content (AvgIpc) is 3.15. The van der Waals surface area contributed by atoms with Crippen molar-refractivity contribution >= 4 is 34.9 Å². The molecule has 0 bridgehead atoms. The van der Waals surface area contributed by atoms with Crippen LogP contribution in [0.2, 0.25) is 10.0 Å². The number of nitrogens with zero attached hydrogens (tertiary/aromatic N) is 2. The minimum Gasteiger partial charge on any atom is -0.493 e. The fraction of sp³-hybridized carbons (Fsp3) is 0.238. The average molecular weight is 434 g/mol. The third-order valence-electron chi connectivity index (χ3n) is 4.44. The second-order valence-corrected chi connectivity index (χ2v) is 7.13. The van der Waals surface area contributed by atoms with Crippen LogP contribution in [0.15, 0.2) is 48.7 Å². The Morgan fingerprint density at radius 2 is 1.79 bits per heavy atom. The molecular formula is C21H21Cl2N3O3. The molecule has 0 fully saturated rings. The SMILES string of the molecule is COc1ccc(CCC(=O)Nc2ccnn2Cc2c(Cl)cccc2Cl)cc1OC. The van der Waals surface area contributed by atoms with E-state index in [0.717, 1.165) is 11.1 Å². The Balaban J connectivity index is 1.63. The zero-order valence-corrected chi connectivity index (χ0v) is 17.6. The molecule has 1 amide bonds. The van der Waals surface area contributed by atoms with Crippen molar-refractivity contribution in [1.29, 1.82) is 0 Å². The first-order valence-electron chi connectivity index (χ1n) is 8.97. The highest BCUT2D eigenvalue weighted by Crippen LogP contribution is 2.28. The molecule has 3 rings (SSSR count). The van der Waals surface area contributed by atoms with E-state index in [0.29, 0.717) is 46.7 Å². The molecule has 6 nitrogen and oxygen atoms in total. The van der Waals surface area contributed by atoms with Crippen LogP contribution in [0.5, 0.6) is 11.5 Å². The molecule has 29 heavy (non-hydrogen) atoms. The summed E-state index contributed by atoms with van der Waals surface area (Å²) in [5.41, 5.74) is 1.73. The molecule has 0 saturated carbocycles.